The predicted octanol–water partition coefficient (Wildman–Crippen LogP) is 2.85. The molecule has 7 heavy (non-hydrogen) atoms. The molecule has 0 atom stereocenters. The fourth-order valence-corrected chi connectivity index (χ4v) is 0.250. The molecule has 0 aromatic heterocycles. The number of hydrogen-bond acceptors (Lipinski definition) is 0. The zero-order valence-corrected chi connectivity index (χ0v) is 9.47. The third-order valence-corrected chi connectivity index (χ3v) is 0.604. The van der Waals surface area contributed by atoms with Crippen LogP contribution in [0.15, 0.2) is 0 Å². The molecule has 0 aromatic rings. The van der Waals surface area contributed by atoms with E-state index in [1.807, 2.05) is 0 Å². The van der Waals surface area contributed by atoms with Gasteiger partial charge in [-0.25, -0.2) is 0 Å². The first-order valence-corrected chi connectivity index (χ1v) is 9.42. The Morgan fingerprint density at radius 1 is 1.57 bits per heavy atom. The fourth-order valence-electron chi connectivity index (χ4n) is 0.250. The summed E-state index contributed by atoms with van der Waals surface area (Å²) in [5.41, 5.74) is 0. The minimum absolute atomic E-state index is 1.09. The van der Waals surface area contributed by atoms with Gasteiger partial charge in [-0.15, -0.1) is 0 Å². The van der Waals surface area contributed by atoms with Crippen molar-refractivity contribution < 1.29 is 16.3 Å². The maximum atomic E-state index is 3.68. The average Bonchev–Trinajstić information content (AvgIpc) is 1.75. The van der Waals surface area contributed by atoms with Crippen molar-refractivity contribution in [1.82, 2.24) is 0 Å². The molecule has 0 unspecified atom stereocenters. The van der Waals surface area contributed by atoms with Crippen LogP contribution in [0.25, 0.3) is 0 Å². The first-order chi connectivity index (χ1) is 3.41. The Hall–Kier alpha value is 1.10. The summed E-state index contributed by atoms with van der Waals surface area (Å²) in [6.45, 7) is 5.85. The Morgan fingerprint density at radius 3 is 2.00 bits per heavy atom. The van der Waals surface area contributed by atoms with Gasteiger partial charge in [0, 0.05) is 0 Å². The topological polar surface area (TPSA) is 0 Å². The van der Waals surface area contributed by atoms with Gasteiger partial charge in [0.25, 0.3) is 0 Å². The summed E-state index contributed by atoms with van der Waals surface area (Å²) < 4.78 is 0. The monoisotopic (exact) mass is 214 g/mol. The second-order valence-electron chi connectivity index (χ2n) is 1.21. The number of hydrogen-bond donors (Lipinski definition) is 0. The van der Waals surface area contributed by atoms with Gasteiger partial charge in [-0.2, -0.15) is 6.42 Å². The predicted molar refractivity (Wildman–Crippen MR) is 33.8 cm³/mol. The van der Waals surface area contributed by atoms with E-state index in [-0.39, 0.29) is 0 Å². The van der Waals surface area contributed by atoms with Gasteiger partial charge in [-0.3, -0.25) is 0 Å². The molecular formula is C5H11BrZn. The van der Waals surface area contributed by atoms with Crippen molar-refractivity contribution in [3.63, 3.8) is 0 Å². The molecule has 0 spiro atoms. The molecule has 0 saturated carbocycles. The molecule has 0 nitrogen and oxygen atoms in total. The van der Waals surface area contributed by atoms with E-state index in [0.717, 1.165) is 6.42 Å². The van der Waals surface area contributed by atoms with E-state index >= 15 is 0 Å². The molecule has 0 heterocycles. The molecule has 0 aromatic carbocycles. The molecule has 0 bridgehead atoms. The van der Waals surface area contributed by atoms with Crippen molar-refractivity contribution in [2.45, 2.75) is 26.2 Å². The van der Waals surface area contributed by atoms with Crippen molar-refractivity contribution in [3.05, 3.63) is 6.92 Å². The standard InChI is InChI=1S/C5H11.BrH.Zn/c1-3-5-4-2;;/h1,3-5H2,2H3;1H;/q-1;;+2/p-1. The maximum absolute atomic E-state index is 3.68. The summed E-state index contributed by atoms with van der Waals surface area (Å²) in [7, 11) is 0. The van der Waals surface area contributed by atoms with E-state index in [1.54, 1.807) is 0 Å². The summed E-state index contributed by atoms with van der Waals surface area (Å²) in [6.07, 6.45) is 3.65. The SMILES string of the molecule is [CH2-]CCCC.[Zn+][Br]. The van der Waals surface area contributed by atoms with Crippen LogP contribution >= 0.6 is 13.6 Å². The molecule has 0 fully saturated rings. The van der Waals surface area contributed by atoms with Crippen LogP contribution < -0.4 is 0 Å². The molecule has 0 saturated heterocycles. The second-order valence-corrected chi connectivity index (χ2v) is 1.21. The van der Waals surface area contributed by atoms with Crippen LogP contribution in [-0.2, 0) is 16.3 Å². The van der Waals surface area contributed by atoms with Crippen molar-refractivity contribution in [1.29, 1.82) is 0 Å². The number of unbranched alkanes of at least 4 members (excludes halogenated alkanes) is 2. The molecule has 0 rings (SSSR count). The molecule has 0 radical (unpaired) electrons. The minimum atomic E-state index is 1.09. The van der Waals surface area contributed by atoms with Gasteiger partial charge in [0.1, 0.15) is 0 Å². The van der Waals surface area contributed by atoms with Crippen LogP contribution in [-0.4, -0.2) is 0 Å². The van der Waals surface area contributed by atoms with Crippen molar-refractivity contribution in [2.24, 2.45) is 0 Å². The molecule has 2 heteroatoms. The summed E-state index contributed by atoms with van der Waals surface area (Å²) in [5.74, 6) is 0. The summed E-state index contributed by atoms with van der Waals surface area (Å²) in [4.78, 5) is 0. The average molecular weight is 216 g/mol. The normalized spacial score (nSPS) is 7.00. The van der Waals surface area contributed by atoms with Crippen LogP contribution in [0.3, 0.4) is 0 Å². The second kappa shape index (κ2) is 15.7. The molecular weight excluding hydrogens is 205 g/mol. The van der Waals surface area contributed by atoms with E-state index in [4.69, 9.17) is 0 Å². The van der Waals surface area contributed by atoms with Gasteiger partial charge in [-0.05, 0) is 0 Å². The van der Waals surface area contributed by atoms with Crippen LogP contribution in [0.4, 0.5) is 0 Å². The summed E-state index contributed by atoms with van der Waals surface area (Å²) in [5, 5.41) is 0. The van der Waals surface area contributed by atoms with Crippen molar-refractivity contribution >= 4 is 13.6 Å². The molecule has 0 amide bonds. The first-order valence-electron chi connectivity index (χ1n) is 2.47. The Bertz CT molecular complexity index is 15.6. The van der Waals surface area contributed by atoms with Gasteiger partial charge in [-0.1, -0.05) is 19.8 Å². The Balaban J connectivity index is 0. The van der Waals surface area contributed by atoms with E-state index in [2.05, 4.69) is 27.5 Å². The van der Waals surface area contributed by atoms with Crippen molar-refractivity contribution in [2.75, 3.05) is 0 Å². The fraction of sp³-hybridized carbons (Fsp3) is 0.800. The van der Waals surface area contributed by atoms with Gasteiger partial charge >= 0.3 is 30.0 Å². The number of halogens is 1. The van der Waals surface area contributed by atoms with E-state index in [9.17, 15) is 0 Å². The van der Waals surface area contributed by atoms with Gasteiger partial charge in [0.2, 0.25) is 0 Å². The summed E-state index contributed by atoms with van der Waals surface area (Å²) in [6, 6.07) is 0. The van der Waals surface area contributed by atoms with Gasteiger partial charge < -0.3 is 6.92 Å². The molecule has 0 aliphatic heterocycles. The molecule has 0 aliphatic carbocycles. The third kappa shape index (κ3) is 19.2. The van der Waals surface area contributed by atoms with E-state index < -0.39 is 0 Å². The van der Waals surface area contributed by atoms with Gasteiger partial charge in [0.05, 0.1) is 0 Å². The first kappa shape index (κ1) is 11.0. The zero-order chi connectivity index (χ0) is 6.12. The molecule has 0 aliphatic rings. The van der Waals surface area contributed by atoms with Crippen molar-refractivity contribution in [3.8, 4) is 0 Å². The van der Waals surface area contributed by atoms with E-state index in [1.165, 1.54) is 29.2 Å². The Labute approximate surface area is 63.1 Å². The number of rotatable bonds is 2. The summed E-state index contributed by atoms with van der Waals surface area (Å²) >= 11 is 4.25. The van der Waals surface area contributed by atoms with Crippen LogP contribution in [0.2, 0.25) is 0 Å². The van der Waals surface area contributed by atoms with Crippen LogP contribution in [0.1, 0.15) is 26.2 Å². The van der Waals surface area contributed by atoms with Crippen LogP contribution in [0, 0.1) is 6.92 Å². The third-order valence-electron chi connectivity index (χ3n) is 0.604. The quantitative estimate of drug-likeness (QED) is 0.492. The van der Waals surface area contributed by atoms with E-state index in [0.29, 0.717) is 0 Å². The van der Waals surface area contributed by atoms with Gasteiger partial charge in [0.15, 0.2) is 0 Å². The molecule has 40 valence electrons. The zero-order valence-electron chi connectivity index (χ0n) is 4.91. The Morgan fingerprint density at radius 2 is 2.00 bits per heavy atom. The molecule has 0 N–H and O–H groups in total. The van der Waals surface area contributed by atoms with Crippen LogP contribution in [0.5, 0.6) is 0 Å². The Kier molecular flexibility index (Phi) is 24.6.